The second kappa shape index (κ2) is 5.63. The lowest BCUT2D eigenvalue weighted by Crippen LogP contribution is -1.97. The summed E-state index contributed by atoms with van der Waals surface area (Å²) in [7, 11) is 0. The lowest BCUT2D eigenvalue weighted by Gasteiger charge is -2.01. The number of benzene rings is 1. The molecule has 2 aromatic rings. The van der Waals surface area contributed by atoms with Crippen LogP contribution < -0.4 is 0 Å². The number of H-pyrrole nitrogens is 1. The Bertz CT molecular complexity index is 526. The fourth-order valence-electron chi connectivity index (χ4n) is 1.97. The van der Waals surface area contributed by atoms with Gasteiger partial charge in [-0.2, -0.15) is 0 Å². The van der Waals surface area contributed by atoms with Gasteiger partial charge in [-0.3, -0.25) is 4.79 Å². The molecule has 1 aromatic carbocycles. The van der Waals surface area contributed by atoms with Crippen molar-refractivity contribution in [1.29, 1.82) is 0 Å². The number of carbonyl (C=O) groups excluding carboxylic acids is 1. The van der Waals surface area contributed by atoms with Gasteiger partial charge in [-0.1, -0.05) is 37.6 Å². The van der Waals surface area contributed by atoms with E-state index in [2.05, 4.69) is 41.2 Å². The summed E-state index contributed by atoms with van der Waals surface area (Å²) in [5, 5.41) is 0. The van der Waals surface area contributed by atoms with Crippen LogP contribution in [0.1, 0.15) is 31.7 Å². The van der Waals surface area contributed by atoms with Crippen molar-refractivity contribution in [3.8, 4) is 11.3 Å². The van der Waals surface area contributed by atoms with Crippen LogP contribution in [-0.2, 0) is 17.6 Å². The van der Waals surface area contributed by atoms with Gasteiger partial charge in [0.05, 0.1) is 18.3 Å². The summed E-state index contributed by atoms with van der Waals surface area (Å²) in [5.41, 5.74) is 3.43. The second-order valence-corrected chi connectivity index (χ2v) is 4.57. The van der Waals surface area contributed by atoms with Crippen LogP contribution in [0.2, 0.25) is 0 Å². The van der Waals surface area contributed by atoms with E-state index in [9.17, 15) is 4.79 Å². The molecule has 0 saturated carbocycles. The fourth-order valence-corrected chi connectivity index (χ4v) is 1.97. The van der Waals surface area contributed by atoms with Gasteiger partial charge in [0.2, 0.25) is 0 Å². The summed E-state index contributed by atoms with van der Waals surface area (Å²) in [6.07, 6.45) is 4.42. The van der Waals surface area contributed by atoms with Gasteiger partial charge in [0.15, 0.2) is 0 Å². The first-order chi connectivity index (χ1) is 8.69. The van der Waals surface area contributed by atoms with Gasteiger partial charge in [-0.15, -0.1) is 0 Å². The lowest BCUT2D eigenvalue weighted by atomic mass is 10.1. The first kappa shape index (κ1) is 12.6. The van der Waals surface area contributed by atoms with Crippen LogP contribution >= 0.6 is 0 Å². The molecule has 0 atom stereocenters. The van der Waals surface area contributed by atoms with Crippen molar-refractivity contribution < 1.29 is 4.79 Å². The highest BCUT2D eigenvalue weighted by Crippen LogP contribution is 2.18. The average Bonchev–Trinajstić information content (AvgIpc) is 2.78. The number of aromatic nitrogens is 2. The van der Waals surface area contributed by atoms with Crippen LogP contribution in [0, 0.1) is 0 Å². The van der Waals surface area contributed by atoms with Crippen LogP contribution in [0.15, 0.2) is 30.5 Å². The molecule has 3 heteroatoms. The van der Waals surface area contributed by atoms with E-state index in [1.54, 1.807) is 13.1 Å². The summed E-state index contributed by atoms with van der Waals surface area (Å²) < 4.78 is 0. The Kier molecular flexibility index (Phi) is 3.92. The lowest BCUT2D eigenvalue weighted by molar-refractivity contribution is -0.116. The first-order valence-corrected chi connectivity index (χ1v) is 6.31. The van der Waals surface area contributed by atoms with Gasteiger partial charge in [-0.25, -0.2) is 4.98 Å². The van der Waals surface area contributed by atoms with Crippen LogP contribution in [0.25, 0.3) is 11.3 Å². The Morgan fingerprint density at radius 2 is 2.00 bits per heavy atom. The standard InChI is InChI=1S/C15H18N2O/c1-3-4-12-5-7-13(8-6-12)14-10-16-15(17-14)9-11(2)18/h5-8,10H,3-4,9H2,1-2H3,(H,16,17). The Labute approximate surface area is 107 Å². The van der Waals surface area contributed by atoms with E-state index < -0.39 is 0 Å². The first-order valence-electron chi connectivity index (χ1n) is 6.31. The summed E-state index contributed by atoms with van der Waals surface area (Å²) in [5.74, 6) is 0.851. The predicted octanol–water partition coefficient (Wildman–Crippen LogP) is 3.16. The summed E-state index contributed by atoms with van der Waals surface area (Å²) in [4.78, 5) is 18.4. The number of ketones is 1. The fraction of sp³-hybridized carbons (Fsp3) is 0.333. The number of aryl methyl sites for hydroxylation is 1. The SMILES string of the molecule is CCCc1ccc(-c2cnc(CC(C)=O)[nH]2)cc1. The minimum atomic E-state index is 0.120. The molecule has 0 amide bonds. The van der Waals surface area contributed by atoms with E-state index in [1.165, 1.54) is 5.56 Å². The van der Waals surface area contributed by atoms with E-state index in [4.69, 9.17) is 0 Å². The zero-order chi connectivity index (χ0) is 13.0. The molecule has 0 unspecified atom stereocenters. The molecule has 0 radical (unpaired) electrons. The van der Waals surface area contributed by atoms with Crippen LogP contribution in [-0.4, -0.2) is 15.8 Å². The minimum absolute atomic E-state index is 0.120. The van der Waals surface area contributed by atoms with Crippen LogP contribution in [0.4, 0.5) is 0 Å². The van der Waals surface area contributed by atoms with Crippen molar-refractivity contribution in [2.24, 2.45) is 0 Å². The Morgan fingerprint density at radius 1 is 1.28 bits per heavy atom. The van der Waals surface area contributed by atoms with Crippen molar-refractivity contribution in [3.05, 3.63) is 41.9 Å². The second-order valence-electron chi connectivity index (χ2n) is 4.57. The molecule has 2 rings (SSSR count). The maximum Gasteiger partial charge on any atom is 0.137 e. The van der Waals surface area contributed by atoms with Crippen molar-refractivity contribution in [2.75, 3.05) is 0 Å². The zero-order valence-corrected chi connectivity index (χ0v) is 10.9. The maximum atomic E-state index is 11.0. The Balaban J connectivity index is 2.15. The van der Waals surface area contributed by atoms with Crippen molar-refractivity contribution in [1.82, 2.24) is 9.97 Å². The average molecular weight is 242 g/mol. The quantitative estimate of drug-likeness (QED) is 0.875. The molecule has 94 valence electrons. The number of nitrogens with zero attached hydrogens (tertiary/aromatic N) is 1. The number of aromatic amines is 1. The Hall–Kier alpha value is -1.90. The molecular formula is C15H18N2O. The molecule has 1 aromatic heterocycles. The van der Waals surface area contributed by atoms with Gasteiger partial charge in [0, 0.05) is 0 Å². The van der Waals surface area contributed by atoms with Crippen molar-refractivity contribution in [2.45, 2.75) is 33.1 Å². The number of carbonyl (C=O) groups is 1. The molecule has 0 saturated heterocycles. The summed E-state index contributed by atoms with van der Waals surface area (Å²) in [6, 6.07) is 8.47. The van der Waals surface area contributed by atoms with Crippen LogP contribution in [0.5, 0.6) is 0 Å². The highest BCUT2D eigenvalue weighted by Gasteiger charge is 2.05. The molecule has 0 aliphatic carbocycles. The molecule has 3 nitrogen and oxygen atoms in total. The zero-order valence-electron chi connectivity index (χ0n) is 10.9. The smallest absolute Gasteiger partial charge is 0.137 e. The number of Topliss-reactive ketones (excluding diaryl/α,β-unsaturated/α-hetero) is 1. The van der Waals surface area contributed by atoms with E-state index in [0.29, 0.717) is 6.42 Å². The summed E-state index contributed by atoms with van der Waals surface area (Å²) >= 11 is 0. The van der Waals surface area contributed by atoms with Gasteiger partial charge < -0.3 is 4.98 Å². The van der Waals surface area contributed by atoms with Gasteiger partial charge in [-0.05, 0) is 24.5 Å². The normalized spacial score (nSPS) is 10.6. The van der Waals surface area contributed by atoms with E-state index in [-0.39, 0.29) is 5.78 Å². The highest BCUT2D eigenvalue weighted by molar-refractivity contribution is 5.77. The Morgan fingerprint density at radius 3 is 2.61 bits per heavy atom. The molecule has 18 heavy (non-hydrogen) atoms. The number of imidazole rings is 1. The third-order valence-electron chi connectivity index (χ3n) is 2.85. The highest BCUT2D eigenvalue weighted by atomic mass is 16.1. The van der Waals surface area contributed by atoms with Gasteiger partial charge >= 0.3 is 0 Å². The van der Waals surface area contributed by atoms with Gasteiger partial charge in [0.25, 0.3) is 0 Å². The number of rotatable bonds is 5. The molecule has 1 heterocycles. The molecule has 0 aliphatic rings. The van der Waals surface area contributed by atoms with Crippen molar-refractivity contribution in [3.63, 3.8) is 0 Å². The number of nitrogens with one attached hydrogen (secondary N) is 1. The number of hydrogen-bond acceptors (Lipinski definition) is 2. The molecule has 0 fully saturated rings. The van der Waals surface area contributed by atoms with E-state index in [0.717, 1.165) is 29.9 Å². The topological polar surface area (TPSA) is 45.8 Å². The van der Waals surface area contributed by atoms with Crippen LogP contribution in [0.3, 0.4) is 0 Å². The largest absolute Gasteiger partial charge is 0.342 e. The molecule has 0 aliphatic heterocycles. The number of hydrogen-bond donors (Lipinski definition) is 1. The third-order valence-corrected chi connectivity index (χ3v) is 2.85. The molecule has 0 spiro atoms. The maximum absolute atomic E-state index is 11.0. The van der Waals surface area contributed by atoms with E-state index in [1.807, 2.05) is 0 Å². The molecule has 0 bridgehead atoms. The van der Waals surface area contributed by atoms with E-state index >= 15 is 0 Å². The third kappa shape index (κ3) is 3.06. The molecule has 1 N–H and O–H groups in total. The summed E-state index contributed by atoms with van der Waals surface area (Å²) in [6.45, 7) is 3.75. The van der Waals surface area contributed by atoms with Gasteiger partial charge in [0.1, 0.15) is 11.6 Å². The monoisotopic (exact) mass is 242 g/mol. The predicted molar refractivity (Wildman–Crippen MR) is 72.4 cm³/mol. The van der Waals surface area contributed by atoms with Crippen molar-refractivity contribution >= 4 is 5.78 Å². The molecular weight excluding hydrogens is 224 g/mol. The minimum Gasteiger partial charge on any atom is -0.342 e.